The number of amides is 1. The van der Waals surface area contributed by atoms with Crippen LogP contribution < -0.4 is 0 Å². The van der Waals surface area contributed by atoms with Crippen LogP contribution in [0.25, 0.3) is 0 Å². The Bertz CT molecular complexity index is 287. The molecule has 0 unspecified atom stereocenters. The molecule has 0 N–H and O–H groups in total. The fourth-order valence-corrected chi connectivity index (χ4v) is 2.36. The van der Waals surface area contributed by atoms with Gasteiger partial charge in [-0.15, -0.1) is 0 Å². The van der Waals surface area contributed by atoms with Crippen LogP contribution in [0.2, 0.25) is 0 Å². The second-order valence-corrected chi connectivity index (χ2v) is 5.10. The number of nitrogens with zero attached hydrogens (tertiary/aromatic N) is 1. The third-order valence-electron chi connectivity index (χ3n) is 2.20. The number of rotatable bonds is 6. The topological polar surface area (TPSA) is 20.3 Å². The number of unbranched alkanes of at least 4 members (excludes halogenated alkanes) is 1. The van der Waals surface area contributed by atoms with Crippen LogP contribution in [0, 0.1) is 0 Å². The molecule has 0 spiro atoms. The lowest BCUT2D eigenvalue weighted by Crippen LogP contribution is -2.25. The Balaban J connectivity index is 2.27. The highest BCUT2D eigenvalue weighted by Crippen LogP contribution is 2.10. The Hall–Kier alpha value is -0.350. The van der Waals surface area contributed by atoms with Crippen LogP contribution in [0.5, 0.6) is 0 Å². The Morgan fingerprint density at radius 1 is 1.53 bits per heavy atom. The lowest BCUT2D eigenvalue weighted by atomic mass is 10.2. The van der Waals surface area contributed by atoms with E-state index in [2.05, 4.69) is 27.4 Å². The Labute approximate surface area is 103 Å². The molecular weight excluding hydrogens is 274 g/mol. The van der Waals surface area contributed by atoms with Crippen LogP contribution in [0.3, 0.4) is 0 Å². The summed E-state index contributed by atoms with van der Waals surface area (Å²) in [4.78, 5) is 13.5. The third-order valence-corrected chi connectivity index (χ3v) is 3.49. The summed E-state index contributed by atoms with van der Waals surface area (Å²) >= 11 is 5.03. The summed E-state index contributed by atoms with van der Waals surface area (Å²) in [6.07, 6.45) is 2.70. The molecule has 0 fully saturated rings. The van der Waals surface area contributed by atoms with Crippen molar-refractivity contribution >= 4 is 33.2 Å². The van der Waals surface area contributed by atoms with E-state index in [4.69, 9.17) is 0 Å². The van der Waals surface area contributed by atoms with Gasteiger partial charge in [0.2, 0.25) is 5.91 Å². The highest BCUT2D eigenvalue weighted by molar-refractivity contribution is 9.09. The summed E-state index contributed by atoms with van der Waals surface area (Å²) < 4.78 is 0. The lowest BCUT2D eigenvalue weighted by Gasteiger charge is -2.16. The van der Waals surface area contributed by atoms with E-state index >= 15 is 0 Å². The molecular formula is C11H16BrNOS. The summed E-state index contributed by atoms with van der Waals surface area (Å²) in [6.45, 7) is 0.733. The van der Waals surface area contributed by atoms with E-state index in [1.54, 1.807) is 16.2 Å². The van der Waals surface area contributed by atoms with Gasteiger partial charge in [0.05, 0.1) is 0 Å². The van der Waals surface area contributed by atoms with Gasteiger partial charge in [-0.25, -0.2) is 0 Å². The SMILES string of the molecule is CN(Cc1ccsc1)C(=O)CCCCBr. The Morgan fingerprint density at radius 3 is 2.93 bits per heavy atom. The average Bonchev–Trinajstić information content (AvgIpc) is 2.70. The molecule has 15 heavy (non-hydrogen) atoms. The molecule has 0 aliphatic carbocycles. The van der Waals surface area contributed by atoms with Gasteiger partial charge in [0.25, 0.3) is 0 Å². The second kappa shape index (κ2) is 7.01. The predicted octanol–water partition coefficient (Wildman–Crippen LogP) is 3.27. The van der Waals surface area contributed by atoms with E-state index in [0.29, 0.717) is 6.42 Å². The van der Waals surface area contributed by atoms with Crippen molar-refractivity contribution in [3.63, 3.8) is 0 Å². The van der Waals surface area contributed by atoms with Crippen molar-refractivity contribution in [2.45, 2.75) is 25.8 Å². The van der Waals surface area contributed by atoms with E-state index < -0.39 is 0 Å². The van der Waals surface area contributed by atoms with Gasteiger partial charge in [-0.2, -0.15) is 11.3 Å². The van der Waals surface area contributed by atoms with Crippen LogP contribution >= 0.6 is 27.3 Å². The fraction of sp³-hybridized carbons (Fsp3) is 0.545. The number of hydrogen-bond donors (Lipinski definition) is 0. The smallest absolute Gasteiger partial charge is 0.222 e. The van der Waals surface area contributed by atoms with Gasteiger partial charge < -0.3 is 4.90 Å². The summed E-state index contributed by atoms with van der Waals surface area (Å²) in [7, 11) is 1.87. The minimum absolute atomic E-state index is 0.238. The van der Waals surface area contributed by atoms with Crippen molar-refractivity contribution in [2.24, 2.45) is 0 Å². The molecule has 4 heteroatoms. The normalized spacial score (nSPS) is 10.3. The number of carbonyl (C=O) groups is 1. The van der Waals surface area contributed by atoms with Crippen molar-refractivity contribution < 1.29 is 4.79 Å². The molecule has 1 aromatic rings. The van der Waals surface area contributed by atoms with E-state index in [9.17, 15) is 4.79 Å². The monoisotopic (exact) mass is 289 g/mol. The van der Waals surface area contributed by atoms with Gasteiger partial charge >= 0.3 is 0 Å². The van der Waals surface area contributed by atoms with E-state index in [1.165, 1.54) is 5.56 Å². The van der Waals surface area contributed by atoms with Crippen LogP contribution in [-0.4, -0.2) is 23.2 Å². The second-order valence-electron chi connectivity index (χ2n) is 3.53. The molecule has 1 aromatic heterocycles. The molecule has 0 saturated carbocycles. The van der Waals surface area contributed by atoms with Crippen molar-refractivity contribution in [3.05, 3.63) is 22.4 Å². The first kappa shape index (κ1) is 12.7. The minimum Gasteiger partial charge on any atom is -0.341 e. The summed E-state index contributed by atoms with van der Waals surface area (Å²) in [5.74, 6) is 0.238. The Morgan fingerprint density at radius 2 is 2.33 bits per heavy atom. The van der Waals surface area contributed by atoms with Crippen molar-refractivity contribution in [1.29, 1.82) is 0 Å². The zero-order valence-electron chi connectivity index (χ0n) is 8.91. The van der Waals surface area contributed by atoms with E-state index in [-0.39, 0.29) is 5.91 Å². The lowest BCUT2D eigenvalue weighted by molar-refractivity contribution is -0.130. The molecule has 1 rings (SSSR count). The number of halogens is 1. The van der Waals surface area contributed by atoms with Crippen molar-refractivity contribution in [3.8, 4) is 0 Å². The number of thiophene rings is 1. The van der Waals surface area contributed by atoms with Gasteiger partial charge in [0, 0.05) is 25.3 Å². The first-order valence-corrected chi connectivity index (χ1v) is 7.11. The molecule has 0 saturated heterocycles. The predicted molar refractivity (Wildman–Crippen MR) is 68.4 cm³/mol. The van der Waals surface area contributed by atoms with Gasteiger partial charge in [-0.1, -0.05) is 15.9 Å². The molecule has 0 bridgehead atoms. The van der Waals surface area contributed by atoms with E-state index in [0.717, 1.165) is 24.7 Å². The zero-order chi connectivity index (χ0) is 11.1. The molecule has 0 radical (unpaired) electrons. The Kier molecular flexibility index (Phi) is 5.95. The zero-order valence-corrected chi connectivity index (χ0v) is 11.3. The van der Waals surface area contributed by atoms with Gasteiger partial charge in [-0.05, 0) is 35.2 Å². The highest BCUT2D eigenvalue weighted by Gasteiger charge is 2.08. The summed E-state index contributed by atoms with van der Waals surface area (Å²) in [6, 6.07) is 2.06. The summed E-state index contributed by atoms with van der Waals surface area (Å²) in [5, 5.41) is 5.11. The quantitative estimate of drug-likeness (QED) is 0.581. The molecule has 0 aromatic carbocycles. The summed E-state index contributed by atoms with van der Waals surface area (Å²) in [5.41, 5.74) is 1.22. The number of hydrogen-bond acceptors (Lipinski definition) is 2. The molecule has 0 aliphatic rings. The third kappa shape index (κ3) is 4.80. The molecule has 1 amide bonds. The van der Waals surface area contributed by atoms with Crippen LogP contribution in [0.15, 0.2) is 16.8 Å². The van der Waals surface area contributed by atoms with Crippen molar-refractivity contribution in [2.75, 3.05) is 12.4 Å². The van der Waals surface area contributed by atoms with Crippen molar-refractivity contribution in [1.82, 2.24) is 4.90 Å². The highest BCUT2D eigenvalue weighted by atomic mass is 79.9. The number of carbonyl (C=O) groups excluding carboxylic acids is 1. The molecule has 1 heterocycles. The van der Waals surface area contributed by atoms with Gasteiger partial charge in [-0.3, -0.25) is 4.79 Å². The number of alkyl halides is 1. The first-order chi connectivity index (χ1) is 7.24. The molecule has 0 aliphatic heterocycles. The molecule has 2 nitrogen and oxygen atoms in total. The maximum absolute atomic E-state index is 11.7. The van der Waals surface area contributed by atoms with E-state index in [1.807, 2.05) is 12.4 Å². The van der Waals surface area contributed by atoms with Crippen LogP contribution in [0.4, 0.5) is 0 Å². The molecule has 0 atom stereocenters. The average molecular weight is 290 g/mol. The maximum Gasteiger partial charge on any atom is 0.222 e. The largest absolute Gasteiger partial charge is 0.341 e. The maximum atomic E-state index is 11.7. The van der Waals surface area contributed by atoms with Gasteiger partial charge in [0.1, 0.15) is 0 Å². The van der Waals surface area contributed by atoms with Crippen LogP contribution in [-0.2, 0) is 11.3 Å². The van der Waals surface area contributed by atoms with Crippen LogP contribution in [0.1, 0.15) is 24.8 Å². The minimum atomic E-state index is 0.238. The fourth-order valence-electron chi connectivity index (χ4n) is 1.31. The molecule has 84 valence electrons. The first-order valence-electron chi connectivity index (χ1n) is 5.05. The van der Waals surface area contributed by atoms with Gasteiger partial charge in [0.15, 0.2) is 0 Å². The standard InChI is InChI=1S/C11H16BrNOS/c1-13(8-10-5-7-15-9-10)11(14)4-2-3-6-12/h5,7,9H,2-4,6,8H2,1H3.